The number of carboxylic acid groups (broad SMARTS) is 1. The van der Waals surface area contributed by atoms with E-state index < -0.39 is 12.5 Å². The summed E-state index contributed by atoms with van der Waals surface area (Å²) in [5.74, 6) is -1.50. The zero-order valence-electron chi connectivity index (χ0n) is 5.85. The van der Waals surface area contributed by atoms with E-state index in [0.29, 0.717) is 6.42 Å². The van der Waals surface area contributed by atoms with Crippen LogP contribution >= 0.6 is 0 Å². The molecule has 0 unspecified atom stereocenters. The molecule has 0 spiro atoms. The molecule has 0 saturated heterocycles. The quantitative estimate of drug-likeness (QED) is 0.530. The Morgan fingerprint density at radius 3 is 2.50 bits per heavy atom. The van der Waals surface area contributed by atoms with Gasteiger partial charge >= 0.3 is 0 Å². The minimum atomic E-state index is -1.26. The Morgan fingerprint density at radius 2 is 2.10 bits per heavy atom. The fourth-order valence-electron chi connectivity index (χ4n) is 0.486. The van der Waals surface area contributed by atoms with Crippen molar-refractivity contribution < 1.29 is 14.7 Å². The van der Waals surface area contributed by atoms with E-state index in [4.69, 9.17) is 0 Å². The standard InChI is InChI=1S/C6H11NO3/c1-2-3-5(8)7-4-6(9)10/h2-4H2,1H3,(H,7,8)(H,9,10)/p-1. The van der Waals surface area contributed by atoms with Gasteiger partial charge in [0.05, 0.1) is 12.5 Å². The van der Waals surface area contributed by atoms with Gasteiger partial charge in [-0.2, -0.15) is 0 Å². The molecule has 0 aliphatic heterocycles. The Hall–Kier alpha value is -1.06. The lowest BCUT2D eigenvalue weighted by molar-refractivity contribution is -0.304. The van der Waals surface area contributed by atoms with Gasteiger partial charge < -0.3 is 15.2 Å². The van der Waals surface area contributed by atoms with Gasteiger partial charge in [-0.1, -0.05) is 6.92 Å². The molecule has 0 aromatic rings. The van der Waals surface area contributed by atoms with Crippen LogP contribution in [0.1, 0.15) is 19.8 Å². The summed E-state index contributed by atoms with van der Waals surface area (Å²) in [4.78, 5) is 20.3. The number of hydrogen-bond acceptors (Lipinski definition) is 3. The lowest BCUT2D eigenvalue weighted by Crippen LogP contribution is -2.37. The Morgan fingerprint density at radius 1 is 1.50 bits per heavy atom. The Kier molecular flexibility index (Phi) is 4.28. The average molecular weight is 144 g/mol. The first kappa shape index (κ1) is 8.94. The highest BCUT2D eigenvalue weighted by Gasteiger charge is 1.96. The molecule has 0 aliphatic carbocycles. The van der Waals surface area contributed by atoms with Gasteiger partial charge in [-0.3, -0.25) is 4.79 Å². The van der Waals surface area contributed by atoms with Crippen molar-refractivity contribution in [1.29, 1.82) is 0 Å². The van der Waals surface area contributed by atoms with Crippen LogP contribution in [-0.2, 0) is 9.59 Å². The third kappa shape index (κ3) is 5.08. The molecule has 0 aliphatic rings. The van der Waals surface area contributed by atoms with Crippen molar-refractivity contribution in [1.82, 2.24) is 5.32 Å². The molecule has 0 rings (SSSR count). The summed E-state index contributed by atoms with van der Waals surface area (Å²) in [6, 6.07) is 0. The largest absolute Gasteiger partial charge is 0.548 e. The zero-order valence-corrected chi connectivity index (χ0v) is 5.85. The lowest BCUT2D eigenvalue weighted by Gasteiger charge is -2.03. The number of carboxylic acids is 1. The van der Waals surface area contributed by atoms with Gasteiger partial charge in [0.15, 0.2) is 0 Å². The molecule has 1 amide bonds. The molecule has 0 aromatic carbocycles. The molecular formula is C6H10NO3-. The summed E-state index contributed by atoms with van der Waals surface area (Å²) < 4.78 is 0. The second-order valence-corrected chi connectivity index (χ2v) is 1.90. The first-order valence-corrected chi connectivity index (χ1v) is 3.13. The molecule has 10 heavy (non-hydrogen) atoms. The molecule has 0 bridgehead atoms. The number of hydrogen-bond donors (Lipinski definition) is 1. The second kappa shape index (κ2) is 4.78. The van der Waals surface area contributed by atoms with Gasteiger partial charge in [0, 0.05) is 6.42 Å². The van der Waals surface area contributed by atoms with Gasteiger partial charge in [0.25, 0.3) is 0 Å². The highest BCUT2D eigenvalue weighted by atomic mass is 16.4. The molecule has 4 heteroatoms. The van der Waals surface area contributed by atoms with Crippen LogP contribution in [0, 0.1) is 0 Å². The van der Waals surface area contributed by atoms with E-state index in [1.807, 2.05) is 6.92 Å². The van der Waals surface area contributed by atoms with Gasteiger partial charge in [-0.25, -0.2) is 0 Å². The predicted octanol–water partition coefficient (Wildman–Crippen LogP) is -1.35. The third-order valence-corrected chi connectivity index (χ3v) is 0.907. The van der Waals surface area contributed by atoms with Crippen molar-refractivity contribution in [2.24, 2.45) is 0 Å². The van der Waals surface area contributed by atoms with E-state index in [9.17, 15) is 14.7 Å². The second-order valence-electron chi connectivity index (χ2n) is 1.90. The molecule has 1 N–H and O–H groups in total. The molecule has 0 radical (unpaired) electrons. The smallest absolute Gasteiger partial charge is 0.220 e. The number of nitrogens with one attached hydrogen (secondary N) is 1. The van der Waals surface area contributed by atoms with Crippen molar-refractivity contribution in [2.45, 2.75) is 19.8 Å². The molecule has 0 fully saturated rings. The maximum Gasteiger partial charge on any atom is 0.220 e. The minimum Gasteiger partial charge on any atom is -0.548 e. The highest BCUT2D eigenvalue weighted by Crippen LogP contribution is 1.83. The van der Waals surface area contributed by atoms with Crippen molar-refractivity contribution in [3.8, 4) is 0 Å². The van der Waals surface area contributed by atoms with Crippen molar-refractivity contribution in [3.05, 3.63) is 0 Å². The first-order chi connectivity index (χ1) is 4.66. The van der Waals surface area contributed by atoms with E-state index in [1.165, 1.54) is 0 Å². The molecule has 58 valence electrons. The topological polar surface area (TPSA) is 69.2 Å². The summed E-state index contributed by atoms with van der Waals surface area (Å²) in [6.45, 7) is 1.46. The number of rotatable bonds is 4. The molecular weight excluding hydrogens is 134 g/mol. The van der Waals surface area contributed by atoms with E-state index in [0.717, 1.165) is 6.42 Å². The third-order valence-electron chi connectivity index (χ3n) is 0.907. The normalized spacial score (nSPS) is 8.90. The number of carbonyl (C=O) groups excluding carboxylic acids is 2. The summed E-state index contributed by atoms with van der Waals surface area (Å²) in [5, 5.41) is 12.0. The van der Waals surface area contributed by atoms with Crippen LogP contribution < -0.4 is 10.4 Å². The summed E-state index contributed by atoms with van der Waals surface area (Å²) in [7, 11) is 0. The van der Waals surface area contributed by atoms with Crippen LogP contribution in [0.15, 0.2) is 0 Å². The summed E-state index contributed by atoms with van der Waals surface area (Å²) >= 11 is 0. The highest BCUT2D eigenvalue weighted by molar-refractivity contribution is 5.80. The summed E-state index contributed by atoms with van der Waals surface area (Å²) in [6.07, 6.45) is 1.09. The Balaban J connectivity index is 3.30. The van der Waals surface area contributed by atoms with Crippen LogP contribution in [0.3, 0.4) is 0 Å². The van der Waals surface area contributed by atoms with Crippen LogP contribution in [0.2, 0.25) is 0 Å². The van der Waals surface area contributed by atoms with Gasteiger partial charge in [-0.15, -0.1) is 0 Å². The van der Waals surface area contributed by atoms with E-state index in [-0.39, 0.29) is 5.91 Å². The average Bonchev–Trinajstić information content (AvgIpc) is 1.85. The number of carbonyl (C=O) groups is 2. The molecule has 0 heterocycles. The van der Waals surface area contributed by atoms with Crippen molar-refractivity contribution in [3.63, 3.8) is 0 Å². The van der Waals surface area contributed by atoms with E-state index >= 15 is 0 Å². The fraction of sp³-hybridized carbons (Fsp3) is 0.667. The number of aliphatic carboxylic acids is 1. The maximum absolute atomic E-state index is 10.5. The Bertz CT molecular complexity index is 133. The first-order valence-electron chi connectivity index (χ1n) is 3.13. The van der Waals surface area contributed by atoms with Gasteiger partial charge in [0.2, 0.25) is 5.91 Å². The monoisotopic (exact) mass is 144 g/mol. The minimum absolute atomic E-state index is 0.244. The molecule has 0 saturated carbocycles. The van der Waals surface area contributed by atoms with Crippen LogP contribution in [-0.4, -0.2) is 18.4 Å². The van der Waals surface area contributed by atoms with Crippen LogP contribution in [0.5, 0.6) is 0 Å². The van der Waals surface area contributed by atoms with Crippen LogP contribution in [0.25, 0.3) is 0 Å². The van der Waals surface area contributed by atoms with E-state index in [1.54, 1.807) is 0 Å². The van der Waals surface area contributed by atoms with Gasteiger partial charge in [0.1, 0.15) is 0 Å². The number of amides is 1. The molecule has 0 aromatic heterocycles. The lowest BCUT2D eigenvalue weighted by atomic mass is 10.3. The summed E-state index contributed by atoms with van der Waals surface area (Å²) in [5.41, 5.74) is 0. The van der Waals surface area contributed by atoms with Gasteiger partial charge in [-0.05, 0) is 6.42 Å². The van der Waals surface area contributed by atoms with Crippen molar-refractivity contribution >= 4 is 11.9 Å². The Labute approximate surface area is 59.2 Å². The van der Waals surface area contributed by atoms with Crippen molar-refractivity contribution in [2.75, 3.05) is 6.54 Å². The van der Waals surface area contributed by atoms with E-state index in [2.05, 4.69) is 5.32 Å². The fourth-order valence-corrected chi connectivity index (χ4v) is 0.486. The SMILES string of the molecule is CCCC(=O)NCC(=O)[O-]. The molecule has 4 nitrogen and oxygen atoms in total. The zero-order chi connectivity index (χ0) is 7.98. The maximum atomic E-state index is 10.5. The van der Waals surface area contributed by atoms with Crippen LogP contribution in [0.4, 0.5) is 0 Å². The predicted molar refractivity (Wildman–Crippen MR) is 32.9 cm³/mol. The molecule has 0 atom stereocenters.